The molecule has 1 heterocycles. The molecule has 0 fully saturated rings. The highest BCUT2D eigenvalue weighted by molar-refractivity contribution is 6.35. The van der Waals surface area contributed by atoms with Crippen LogP contribution in [0.1, 0.15) is 29.3 Å². The van der Waals surface area contributed by atoms with Crippen LogP contribution in [-0.4, -0.2) is 33.7 Å². The zero-order chi connectivity index (χ0) is 21.5. The highest BCUT2D eigenvalue weighted by atomic mass is 19.1. The first kappa shape index (κ1) is 21.1. The Morgan fingerprint density at radius 1 is 1.17 bits per heavy atom. The molecule has 3 rings (SSSR count). The summed E-state index contributed by atoms with van der Waals surface area (Å²) in [6, 6.07) is 12.5. The smallest absolute Gasteiger partial charge is 0.237 e. The van der Waals surface area contributed by atoms with Crippen molar-refractivity contribution in [1.82, 2.24) is 9.55 Å². The molecule has 0 aliphatic heterocycles. The molecule has 3 aromatic rings. The Kier molecular flexibility index (Phi) is 6.85. The number of aryl methyl sites for hydroxylation is 1. The molecule has 0 spiro atoms. The van der Waals surface area contributed by atoms with Crippen molar-refractivity contribution in [3.8, 4) is 0 Å². The average molecular weight is 409 g/mol. The van der Waals surface area contributed by atoms with Crippen molar-refractivity contribution in [3.05, 3.63) is 95.3 Å². The number of aromatic nitrogens is 2. The number of hydrogen-bond donors (Lipinski definition) is 1. The van der Waals surface area contributed by atoms with Crippen molar-refractivity contribution in [3.63, 3.8) is 0 Å². The summed E-state index contributed by atoms with van der Waals surface area (Å²) in [5.41, 5.74) is 1.63. The molecule has 1 atom stereocenters. The van der Waals surface area contributed by atoms with Crippen molar-refractivity contribution in [2.24, 2.45) is 4.99 Å². The molecular formula is C23H21F2N3O2. The zero-order valence-electron chi connectivity index (χ0n) is 16.4. The molecule has 154 valence electrons. The average Bonchev–Trinajstić information content (AvgIpc) is 3.16. The third-order valence-corrected chi connectivity index (χ3v) is 4.69. The topological polar surface area (TPSA) is 67.5 Å². The number of Topliss-reactive ketones (excluding diaryl/α,β-unsaturated/α-hetero) is 1. The minimum atomic E-state index is -0.615. The van der Waals surface area contributed by atoms with Gasteiger partial charge >= 0.3 is 0 Å². The monoisotopic (exact) mass is 409 g/mol. The van der Waals surface area contributed by atoms with E-state index in [4.69, 9.17) is 0 Å². The number of aliphatic hydroxyl groups is 1. The number of aliphatic imine (C=N–C) groups is 1. The fourth-order valence-electron chi connectivity index (χ4n) is 3.24. The molecule has 1 aromatic heterocycles. The van der Waals surface area contributed by atoms with Crippen LogP contribution in [0.5, 0.6) is 0 Å². The van der Waals surface area contributed by atoms with Crippen LogP contribution in [-0.2, 0) is 11.3 Å². The molecule has 0 saturated carbocycles. The number of nitrogens with zero attached hydrogens (tertiary/aromatic N) is 3. The predicted octanol–water partition coefficient (Wildman–Crippen LogP) is 4.55. The first-order chi connectivity index (χ1) is 14.5. The second-order valence-corrected chi connectivity index (χ2v) is 6.71. The molecule has 0 unspecified atom stereocenters. The summed E-state index contributed by atoms with van der Waals surface area (Å²) < 4.78 is 29.0. The molecule has 7 heteroatoms. The van der Waals surface area contributed by atoms with Crippen molar-refractivity contribution in [1.29, 1.82) is 0 Å². The number of halogens is 2. The molecule has 0 aliphatic rings. The van der Waals surface area contributed by atoms with Crippen LogP contribution in [0, 0.1) is 11.6 Å². The summed E-state index contributed by atoms with van der Waals surface area (Å²) in [6.45, 7) is 0.480. The van der Waals surface area contributed by atoms with Gasteiger partial charge in [0.2, 0.25) is 5.78 Å². The van der Waals surface area contributed by atoms with E-state index in [1.165, 1.54) is 37.4 Å². The molecule has 0 saturated heterocycles. The Balaban J connectivity index is 1.85. The first-order valence-electron chi connectivity index (χ1n) is 9.37. The van der Waals surface area contributed by atoms with Gasteiger partial charge in [-0.15, -0.1) is 0 Å². The van der Waals surface area contributed by atoms with Gasteiger partial charge < -0.3 is 9.67 Å². The van der Waals surface area contributed by atoms with Gasteiger partial charge in [0.25, 0.3) is 0 Å². The SMILES string of the molecule is C/N=C\C(=O)/C(O)=C/c1nccn1CC[C@H](c1ccc(F)cc1)c1cccc(F)c1. The van der Waals surface area contributed by atoms with Gasteiger partial charge in [-0.05, 0) is 41.8 Å². The maximum atomic E-state index is 13.8. The van der Waals surface area contributed by atoms with Crippen molar-refractivity contribution in [2.75, 3.05) is 7.05 Å². The number of hydrogen-bond acceptors (Lipinski definition) is 4. The molecule has 0 amide bonds. The lowest BCUT2D eigenvalue weighted by Gasteiger charge is -2.19. The van der Waals surface area contributed by atoms with Gasteiger partial charge in [0.05, 0.1) is 6.21 Å². The molecule has 0 radical (unpaired) electrons. The molecule has 2 aromatic carbocycles. The predicted molar refractivity (Wildman–Crippen MR) is 112 cm³/mol. The summed E-state index contributed by atoms with van der Waals surface area (Å²) in [5.74, 6) is -1.53. The fourth-order valence-corrected chi connectivity index (χ4v) is 3.24. The summed E-state index contributed by atoms with van der Waals surface area (Å²) in [7, 11) is 1.44. The van der Waals surface area contributed by atoms with Crippen LogP contribution in [0.4, 0.5) is 8.78 Å². The van der Waals surface area contributed by atoms with E-state index in [1.54, 1.807) is 35.2 Å². The fraction of sp³-hybridized carbons (Fsp3) is 0.174. The van der Waals surface area contributed by atoms with E-state index in [0.717, 1.165) is 17.3 Å². The lowest BCUT2D eigenvalue weighted by molar-refractivity contribution is -0.111. The second-order valence-electron chi connectivity index (χ2n) is 6.71. The minimum absolute atomic E-state index is 0.178. The van der Waals surface area contributed by atoms with Gasteiger partial charge in [-0.25, -0.2) is 13.8 Å². The van der Waals surface area contributed by atoms with E-state index in [9.17, 15) is 18.7 Å². The standard InChI is InChI=1S/C23H21F2N3O2/c1-26-15-22(30)21(29)14-23-27-10-12-28(23)11-9-20(16-5-7-18(24)8-6-16)17-3-2-4-19(25)13-17/h2-8,10,12-15,20,29H,9,11H2,1H3/b21-14-,26-15-/t20-/m1/s1. The lowest BCUT2D eigenvalue weighted by Crippen LogP contribution is -2.09. The minimum Gasteiger partial charge on any atom is -0.504 e. The van der Waals surface area contributed by atoms with E-state index in [2.05, 4.69) is 9.98 Å². The first-order valence-corrected chi connectivity index (χ1v) is 9.37. The van der Waals surface area contributed by atoms with Gasteiger partial charge in [0.1, 0.15) is 17.5 Å². The number of allylic oxidation sites excluding steroid dienone is 1. The molecular weight excluding hydrogens is 388 g/mol. The van der Waals surface area contributed by atoms with Gasteiger partial charge in [-0.2, -0.15) is 0 Å². The van der Waals surface area contributed by atoms with Crippen LogP contribution in [0.25, 0.3) is 6.08 Å². The van der Waals surface area contributed by atoms with Crippen molar-refractivity contribution >= 4 is 18.1 Å². The normalized spacial score (nSPS) is 13.0. The van der Waals surface area contributed by atoms with E-state index in [-0.39, 0.29) is 17.6 Å². The van der Waals surface area contributed by atoms with Crippen LogP contribution in [0.3, 0.4) is 0 Å². The van der Waals surface area contributed by atoms with Crippen LogP contribution < -0.4 is 0 Å². The number of imidazole rings is 1. The largest absolute Gasteiger partial charge is 0.504 e. The number of benzene rings is 2. The van der Waals surface area contributed by atoms with E-state index in [1.807, 2.05) is 6.07 Å². The quantitative estimate of drug-likeness (QED) is 0.337. The third kappa shape index (κ3) is 5.26. The van der Waals surface area contributed by atoms with Crippen molar-refractivity contribution in [2.45, 2.75) is 18.9 Å². The van der Waals surface area contributed by atoms with E-state index < -0.39 is 11.5 Å². The molecule has 5 nitrogen and oxygen atoms in total. The van der Waals surface area contributed by atoms with Gasteiger partial charge in [-0.1, -0.05) is 24.3 Å². The third-order valence-electron chi connectivity index (χ3n) is 4.69. The number of ketones is 1. The van der Waals surface area contributed by atoms with Crippen LogP contribution >= 0.6 is 0 Å². The summed E-state index contributed by atoms with van der Waals surface area (Å²) in [6.07, 6.45) is 6.15. The highest BCUT2D eigenvalue weighted by Gasteiger charge is 2.16. The summed E-state index contributed by atoms with van der Waals surface area (Å²) in [4.78, 5) is 19.5. The second kappa shape index (κ2) is 9.73. The summed E-state index contributed by atoms with van der Waals surface area (Å²) >= 11 is 0. The summed E-state index contributed by atoms with van der Waals surface area (Å²) in [5, 5.41) is 9.92. The van der Waals surface area contributed by atoms with Crippen molar-refractivity contribution < 1.29 is 18.7 Å². The number of aliphatic hydroxyl groups excluding tert-OH is 1. The Labute approximate surface area is 173 Å². The van der Waals surface area contributed by atoms with Gasteiger partial charge in [-0.3, -0.25) is 9.79 Å². The molecule has 30 heavy (non-hydrogen) atoms. The number of carbonyl (C=O) groups excluding carboxylic acids is 1. The van der Waals surface area contributed by atoms with Gasteiger partial charge in [0, 0.05) is 38.0 Å². The molecule has 0 bridgehead atoms. The zero-order valence-corrected chi connectivity index (χ0v) is 16.4. The highest BCUT2D eigenvalue weighted by Crippen LogP contribution is 2.29. The number of carbonyl (C=O) groups is 1. The van der Waals surface area contributed by atoms with E-state index in [0.29, 0.717) is 18.8 Å². The maximum Gasteiger partial charge on any atom is 0.237 e. The van der Waals surface area contributed by atoms with Crippen LogP contribution in [0.2, 0.25) is 0 Å². The Morgan fingerprint density at radius 2 is 1.93 bits per heavy atom. The lowest BCUT2D eigenvalue weighted by atomic mass is 9.88. The van der Waals surface area contributed by atoms with Gasteiger partial charge in [0.15, 0.2) is 5.76 Å². The Morgan fingerprint density at radius 3 is 2.63 bits per heavy atom. The number of rotatable bonds is 8. The Bertz CT molecular complexity index is 1070. The Hall–Kier alpha value is -3.61. The van der Waals surface area contributed by atoms with E-state index >= 15 is 0 Å². The molecule has 1 N–H and O–H groups in total. The van der Waals surface area contributed by atoms with Crippen LogP contribution in [0.15, 0.2) is 71.7 Å². The maximum absolute atomic E-state index is 13.8. The molecule has 0 aliphatic carbocycles.